The number of hydrogen-bond acceptors (Lipinski definition) is 6. The van der Waals surface area contributed by atoms with E-state index in [1.807, 2.05) is 0 Å². The monoisotopic (exact) mass is 298 g/mol. The van der Waals surface area contributed by atoms with Crippen molar-refractivity contribution >= 4 is 28.3 Å². The number of amides is 1. The highest BCUT2D eigenvalue weighted by atomic mass is 32.1. The minimum absolute atomic E-state index is 0.0109. The van der Waals surface area contributed by atoms with Gasteiger partial charge in [0.1, 0.15) is 17.1 Å². The molecule has 1 heterocycles. The van der Waals surface area contributed by atoms with Gasteiger partial charge in [-0.3, -0.25) is 4.79 Å². The first-order chi connectivity index (χ1) is 8.80. The van der Waals surface area contributed by atoms with Gasteiger partial charge in [-0.25, -0.2) is 0 Å². The van der Waals surface area contributed by atoms with E-state index in [1.165, 1.54) is 7.05 Å². The zero-order valence-electron chi connectivity index (χ0n) is 9.99. The Morgan fingerprint density at radius 2 is 2.21 bits per heavy atom. The fourth-order valence-corrected chi connectivity index (χ4v) is 2.27. The average Bonchev–Trinajstić information content (AvgIpc) is 2.68. The maximum atomic E-state index is 12.5. The van der Waals surface area contributed by atoms with Gasteiger partial charge < -0.3 is 21.1 Å². The molecule has 19 heavy (non-hydrogen) atoms. The second-order valence-electron chi connectivity index (χ2n) is 3.59. The summed E-state index contributed by atoms with van der Waals surface area (Å²) in [6.07, 6.45) is -4.46. The Hall–Kier alpha value is -1.55. The van der Waals surface area contributed by atoms with Crippen LogP contribution in [0, 0.1) is 0 Å². The number of aromatic nitrogens is 1. The average molecular weight is 298 g/mol. The van der Waals surface area contributed by atoms with Gasteiger partial charge in [0.2, 0.25) is 0 Å². The third-order valence-corrected chi connectivity index (χ3v) is 3.11. The van der Waals surface area contributed by atoms with Crippen LogP contribution < -0.4 is 16.0 Å². The lowest BCUT2D eigenvalue weighted by atomic mass is 10.2. The quantitative estimate of drug-likeness (QED) is 0.734. The van der Waals surface area contributed by atoms with Crippen LogP contribution in [0.2, 0.25) is 0 Å². The molecule has 0 aliphatic rings. The van der Waals surface area contributed by atoms with Crippen LogP contribution >= 0.6 is 11.5 Å². The second-order valence-corrected chi connectivity index (χ2v) is 4.34. The molecule has 0 atom stereocenters. The van der Waals surface area contributed by atoms with Gasteiger partial charge in [0.25, 0.3) is 5.91 Å². The lowest BCUT2D eigenvalue weighted by molar-refractivity contribution is -0.119. The van der Waals surface area contributed by atoms with E-state index in [2.05, 4.69) is 9.69 Å². The predicted molar refractivity (Wildman–Crippen MR) is 65.3 cm³/mol. The number of hydrogen-bond donors (Lipinski definition) is 3. The number of halogens is 3. The van der Waals surface area contributed by atoms with Crippen LogP contribution in [0.3, 0.4) is 0 Å². The van der Waals surface area contributed by atoms with Gasteiger partial charge >= 0.3 is 6.18 Å². The first-order valence-electron chi connectivity index (χ1n) is 5.20. The largest absolute Gasteiger partial charge is 0.405 e. The molecular weight excluding hydrogens is 285 g/mol. The Balaban J connectivity index is 3.12. The molecule has 0 radical (unpaired) electrons. The van der Waals surface area contributed by atoms with Crippen LogP contribution in [-0.2, 0) is 0 Å². The van der Waals surface area contributed by atoms with Crippen LogP contribution in [0.1, 0.15) is 10.4 Å². The summed E-state index contributed by atoms with van der Waals surface area (Å²) in [4.78, 5) is 12.4. The summed E-state index contributed by atoms with van der Waals surface area (Å²) in [7, 11) is 1.34. The highest BCUT2D eigenvalue weighted by Gasteiger charge is 2.33. The molecule has 0 saturated heterocycles. The van der Waals surface area contributed by atoms with E-state index in [0.29, 0.717) is 11.5 Å². The molecular formula is C9H13F3N4O2S. The Bertz CT molecular complexity index is 449. The van der Waals surface area contributed by atoms with Gasteiger partial charge in [0.15, 0.2) is 5.82 Å². The van der Waals surface area contributed by atoms with Crippen molar-refractivity contribution in [1.29, 1.82) is 0 Å². The van der Waals surface area contributed by atoms with Crippen molar-refractivity contribution in [1.82, 2.24) is 9.69 Å². The molecule has 0 fully saturated rings. The normalized spacial score (nSPS) is 11.4. The molecule has 0 aromatic carbocycles. The summed E-state index contributed by atoms with van der Waals surface area (Å²) in [5, 5.41) is 11.1. The van der Waals surface area contributed by atoms with Crippen molar-refractivity contribution in [3.8, 4) is 0 Å². The lowest BCUT2D eigenvalue weighted by Gasteiger charge is -2.24. The molecule has 0 aliphatic carbocycles. The summed E-state index contributed by atoms with van der Waals surface area (Å²) in [5.41, 5.74) is 5.38. The minimum atomic E-state index is -4.46. The Morgan fingerprint density at radius 1 is 1.58 bits per heavy atom. The number of aliphatic hydroxyl groups is 1. The summed E-state index contributed by atoms with van der Waals surface area (Å²) >= 11 is 0.688. The number of alkyl halides is 3. The summed E-state index contributed by atoms with van der Waals surface area (Å²) in [6, 6.07) is 0. The van der Waals surface area contributed by atoms with Crippen molar-refractivity contribution < 1.29 is 23.1 Å². The van der Waals surface area contributed by atoms with E-state index in [1.54, 1.807) is 0 Å². The van der Waals surface area contributed by atoms with E-state index in [4.69, 9.17) is 10.8 Å². The van der Waals surface area contributed by atoms with Crippen molar-refractivity contribution in [2.45, 2.75) is 6.18 Å². The first-order valence-corrected chi connectivity index (χ1v) is 5.97. The maximum Gasteiger partial charge on any atom is 0.405 e. The lowest BCUT2D eigenvalue weighted by Crippen LogP contribution is -2.37. The number of anilines is 2. The number of carbonyl (C=O) groups is 1. The Labute approximate surface area is 111 Å². The van der Waals surface area contributed by atoms with E-state index >= 15 is 0 Å². The van der Waals surface area contributed by atoms with Crippen LogP contribution in [-0.4, -0.2) is 48.3 Å². The van der Waals surface area contributed by atoms with Gasteiger partial charge in [0, 0.05) is 13.6 Å². The van der Waals surface area contributed by atoms with Crippen LogP contribution in [0.25, 0.3) is 0 Å². The van der Waals surface area contributed by atoms with Crippen LogP contribution in [0.15, 0.2) is 0 Å². The minimum Gasteiger partial charge on any atom is -0.395 e. The van der Waals surface area contributed by atoms with Crippen molar-refractivity contribution in [3.63, 3.8) is 0 Å². The molecule has 0 spiro atoms. The summed E-state index contributed by atoms with van der Waals surface area (Å²) in [6.45, 7) is -2.05. The van der Waals surface area contributed by atoms with Gasteiger partial charge in [-0.2, -0.15) is 17.5 Å². The SMILES string of the molecule is CNC(=O)c1c(N)nsc1N(CCO)CC(F)(F)F. The second kappa shape index (κ2) is 6.06. The van der Waals surface area contributed by atoms with Crippen LogP contribution in [0.5, 0.6) is 0 Å². The molecule has 0 unspecified atom stereocenters. The molecule has 108 valence electrons. The molecule has 4 N–H and O–H groups in total. The number of carbonyl (C=O) groups excluding carboxylic acids is 1. The standard InChI is InChI=1S/C9H13F3N4O2S/c1-14-7(18)5-6(13)15-19-8(5)16(2-3-17)4-9(10,11)12/h17H,2-4H2,1H3,(H2,13,15)(H,14,18). The molecule has 6 nitrogen and oxygen atoms in total. The molecule has 0 aliphatic heterocycles. The highest BCUT2D eigenvalue weighted by molar-refractivity contribution is 7.11. The topological polar surface area (TPSA) is 91.5 Å². The highest BCUT2D eigenvalue weighted by Crippen LogP contribution is 2.32. The first kappa shape index (κ1) is 15.5. The zero-order chi connectivity index (χ0) is 14.6. The van der Waals surface area contributed by atoms with Gasteiger partial charge in [-0.05, 0) is 11.5 Å². The van der Waals surface area contributed by atoms with E-state index in [9.17, 15) is 18.0 Å². The van der Waals surface area contributed by atoms with Crippen LogP contribution in [0.4, 0.5) is 24.0 Å². The number of nitrogens with zero attached hydrogens (tertiary/aromatic N) is 2. The van der Waals surface area contributed by atoms with E-state index in [-0.39, 0.29) is 22.9 Å². The smallest absolute Gasteiger partial charge is 0.395 e. The molecule has 1 aromatic heterocycles. The molecule has 0 saturated carbocycles. The Morgan fingerprint density at radius 3 is 2.68 bits per heavy atom. The van der Waals surface area contributed by atoms with E-state index in [0.717, 1.165) is 4.90 Å². The number of nitrogen functional groups attached to an aromatic ring is 1. The molecule has 10 heteroatoms. The van der Waals surface area contributed by atoms with Crippen molar-refractivity contribution in [3.05, 3.63) is 5.56 Å². The number of rotatable bonds is 5. The van der Waals surface area contributed by atoms with Crippen molar-refractivity contribution in [2.75, 3.05) is 37.4 Å². The van der Waals surface area contributed by atoms with Crippen molar-refractivity contribution in [2.24, 2.45) is 0 Å². The molecule has 1 aromatic rings. The Kier molecular flexibility index (Phi) is 4.95. The number of nitrogens with one attached hydrogen (secondary N) is 1. The third kappa shape index (κ3) is 3.96. The fourth-order valence-electron chi connectivity index (χ4n) is 1.44. The number of aliphatic hydroxyl groups excluding tert-OH is 1. The van der Waals surface area contributed by atoms with E-state index < -0.39 is 25.2 Å². The maximum absolute atomic E-state index is 12.5. The fraction of sp³-hybridized carbons (Fsp3) is 0.556. The van der Waals surface area contributed by atoms with Gasteiger partial charge in [-0.1, -0.05) is 0 Å². The molecule has 1 rings (SSSR count). The van der Waals surface area contributed by atoms with Gasteiger partial charge in [-0.15, -0.1) is 0 Å². The molecule has 1 amide bonds. The third-order valence-electron chi connectivity index (χ3n) is 2.18. The zero-order valence-corrected chi connectivity index (χ0v) is 10.8. The summed E-state index contributed by atoms with van der Waals surface area (Å²) < 4.78 is 41.1. The van der Waals surface area contributed by atoms with Gasteiger partial charge in [0.05, 0.1) is 6.61 Å². The number of nitrogens with two attached hydrogens (primary N) is 1. The summed E-state index contributed by atoms with van der Waals surface area (Å²) in [5.74, 6) is -0.754. The molecule has 0 bridgehead atoms. The predicted octanol–water partition coefficient (Wildman–Crippen LogP) is 0.446.